The minimum Gasteiger partial charge on any atom is -0.481 e. The average molecular weight is 452 g/mol. The fourth-order valence-corrected chi connectivity index (χ4v) is 4.41. The Morgan fingerprint density at radius 3 is 2.52 bits per heavy atom. The van der Waals surface area contributed by atoms with Gasteiger partial charge in [-0.3, -0.25) is 19.4 Å². The summed E-state index contributed by atoms with van der Waals surface area (Å²) in [5, 5.41) is 13.5. The van der Waals surface area contributed by atoms with E-state index in [0.717, 1.165) is 23.1 Å². The van der Waals surface area contributed by atoms with Gasteiger partial charge in [-0.25, -0.2) is 5.43 Å². The van der Waals surface area contributed by atoms with Gasteiger partial charge in [0.2, 0.25) is 11.8 Å². The molecular weight excluding hydrogens is 418 g/mol. The molecule has 0 aromatic heterocycles. The Morgan fingerprint density at radius 1 is 1.12 bits per heavy atom. The molecule has 1 saturated heterocycles. The molecule has 0 radical (unpaired) electrons. The fraction of sp³-hybridized carbons (Fsp3) is 0.423. The maximum atomic E-state index is 13.6. The van der Waals surface area contributed by atoms with E-state index < -0.39 is 23.8 Å². The molecule has 3 atom stereocenters. The Labute approximate surface area is 195 Å². The van der Waals surface area contributed by atoms with Crippen molar-refractivity contribution in [2.75, 3.05) is 13.6 Å². The largest absolute Gasteiger partial charge is 0.481 e. The van der Waals surface area contributed by atoms with Crippen LogP contribution in [-0.2, 0) is 20.8 Å². The second-order valence-electron chi connectivity index (χ2n) is 8.62. The monoisotopic (exact) mass is 451 g/mol. The predicted octanol–water partition coefficient (Wildman–Crippen LogP) is 3.25. The highest BCUT2D eigenvalue weighted by atomic mass is 16.4. The number of carboxylic acid groups (broad SMARTS) is 1. The zero-order valence-corrected chi connectivity index (χ0v) is 19.3. The first-order valence-electron chi connectivity index (χ1n) is 11.6. The smallest absolute Gasteiger partial charge is 0.306 e. The number of hydrogen-bond acceptors (Lipinski definition) is 4. The highest BCUT2D eigenvalue weighted by Crippen LogP contribution is 2.28. The van der Waals surface area contributed by atoms with E-state index >= 15 is 0 Å². The van der Waals surface area contributed by atoms with Gasteiger partial charge in [0, 0.05) is 19.5 Å². The van der Waals surface area contributed by atoms with Gasteiger partial charge in [0.25, 0.3) is 0 Å². The van der Waals surface area contributed by atoms with Crippen LogP contribution < -0.4 is 10.7 Å². The lowest BCUT2D eigenvalue weighted by Gasteiger charge is -2.37. The van der Waals surface area contributed by atoms with Crippen molar-refractivity contribution >= 4 is 17.8 Å². The average Bonchev–Trinajstić information content (AvgIpc) is 2.86. The lowest BCUT2D eigenvalue weighted by Crippen LogP contribution is -2.59. The zero-order valence-electron chi connectivity index (χ0n) is 19.3. The summed E-state index contributed by atoms with van der Waals surface area (Å²) >= 11 is 0. The molecule has 2 amide bonds. The van der Waals surface area contributed by atoms with Crippen molar-refractivity contribution in [3.63, 3.8) is 0 Å². The molecule has 3 rings (SSSR count). The van der Waals surface area contributed by atoms with Crippen LogP contribution in [0.5, 0.6) is 0 Å². The molecule has 2 aromatic carbocycles. The molecule has 33 heavy (non-hydrogen) atoms. The van der Waals surface area contributed by atoms with E-state index in [-0.39, 0.29) is 18.2 Å². The molecule has 1 aliphatic rings. The molecule has 3 unspecified atom stereocenters. The number of nitrogens with one attached hydrogen (secondary N) is 2. The van der Waals surface area contributed by atoms with E-state index in [2.05, 4.69) is 35.0 Å². The summed E-state index contributed by atoms with van der Waals surface area (Å²) in [5.74, 6) is -2.53. The molecule has 1 fully saturated rings. The number of amides is 2. The SMILES string of the molecule is CNC(=O)C1CCCNN1C(=O)C(CCc1ccccc1-c1ccccc1)CC(C)C(=O)O. The maximum absolute atomic E-state index is 13.6. The van der Waals surface area contributed by atoms with E-state index in [9.17, 15) is 19.5 Å². The molecule has 1 aliphatic heterocycles. The Hall–Kier alpha value is -3.19. The van der Waals surface area contributed by atoms with Crippen LogP contribution in [-0.4, -0.2) is 47.5 Å². The quantitative estimate of drug-likeness (QED) is 0.544. The van der Waals surface area contributed by atoms with Gasteiger partial charge >= 0.3 is 5.97 Å². The van der Waals surface area contributed by atoms with Gasteiger partial charge in [-0.1, -0.05) is 61.5 Å². The van der Waals surface area contributed by atoms with Crippen LogP contribution in [0.25, 0.3) is 11.1 Å². The van der Waals surface area contributed by atoms with E-state index in [1.165, 1.54) is 5.01 Å². The minimum atomic E-state index is -0.924. The lowest BCUT2D eigenvalue weighted by molar-refractivity contribution is -0.151. The summed E-state index contributed by atoms with van der Waals surface area (Å²) in [4.78, 5) is 37.5. The molecule has 0 aliphatic carbocycles. The summed E-state index contributed by atoms with van der Waals surface area (Å²) in [7, 11) is 1.56. The van der Waals surface area contributed by atoms with Crippen LogP contribution in [0.4, 0.5) is 0 Å². The van der Waals surface area contributed by atoms with Gasteiger partial charge in [-0.05, 0) is 48.8 Å². The number of rotatable bonds is 9. The topological polar surface area (TPSA) is 98.7 Å². The molecule has 0 spiro atoms. The molecule has 1 heterocycles. The van der Waals surface area contributed by atoms with Crippen LogP contribution in [0.3, 0.4) is 0 Å². The zero-order chi connectivity index (χ0) is 23.8. The Morgan fingerprint density at radius 2 is 1.82 bits per heavy atom. The van der Waals surface area contributed by atoms with E-state index in [1.807, 2.05) is 30.3 Å². The summed E-state index contributed by atoms with van der Waals surface area (Å²) in [5.41, 5.74) is 6.40. The normalized spacial score (nSPS) is 17.8. The molecule has 3 N–H and O–H groups in total. The van der Waals surface area contributed by atoms with Crippen LogP contribution in [0.15, 0.2) is 54.6 Å². The number of hydrazine groups is 1. The van der Waals surface area contributed by atoms with Crippen LogP contribution in [0.1, 0.15) is 38.2 Å². The van der Waals surface area contributed by atoms with Crippen LogP contribution in [0, 0.1) is 11.8 Å². The Kier molecular flexibility index (Phi) is 8.60. The summed E-state index contributed by atoms with van der Waals surface area (Å²) in [6, 6.07) is 17.6. The van der Waals surface area contributed by atoms with Crippen molar-refractivity contribution in [1.82, 2.24) is 15.8 Å². The van der Waals surface area contributed by atoms with Crippen molar-refractivity contribution in [1.29, 1.82) is 0 Å². The first-order valence-corrected chi connectivity index (χ1v) is 11.6. The second-order valence-corrected chi connectivity index (χ2v) is 8.62. The van der Waals surface area contributed by atoms with Crippen molar-refractivity contribution in [3.8, 4) is 11.1 Å². The van der Waals surface area contributed by atoms with Gasteiger partial charge in [-0.2, -0.15) is 0 Å². The van der Waals surface area contributed by atoms with Crippen LogP contribution in [0.2, 0.25) is 0 Å². The van der Waals surface area contributed by atoms with Crippen LogP contribution >= 0.6 is 0 Å². The Bertz CT molecular complexity index is 963. The maximum Gasteiger partial charge on any atom is 0.306 e. The van der Waals surface area contributed by atoms with Gasteiger partial charge < -0.3 is 10.4 Å². The number of carbonyl (C=O) groups is 3. The highest BCUT2D eigenvalue weighted by Gasteiger charge is 2.36. The number of aliphatic carboxylic acids is 1. The number of carbonyl (C=O) groups excluding carboxylic acids is 2. The second kappa shape index (κ2) is 11.6. The van der Waals surface area contributed by atoms with Gasteiger partial charge in [0.15, 0.2) is 0 Å². The first kappa shape index (κ1) is 24.5. The van der Waals surface area contributed by atoms with Crippen molar-refractivity contribution in [2.24, 2.45) is 11.8 Å². The fourth-order valence-electron chi connectivity index (χ4n) is 4.41. The van der Waals surface area contributed by atoms with Gasteiger partial charge in [0.1, 0.15) is 6.04 Å². The number of aryl methyl sites for hydroxylation is 1. The van der Waals surface area contributed by atoms with Crippen molar-refractivity contribution in [2.45, 2.75) is 45.1 Å². The predicted molar refractivity (Wildman–Crippen MR) is 127 cm³/mol. The third-order valence-corrected chi connectivity index (χ3v) is 6.31. The molecule has 2 aromatic rings. The first-order chi connectivity index (χ1) is 15.9. The van der Waals surface area contributed by atoms with E-state index in [1.54, 1.807) is 14.0 Å². The third-order valence-electron chi connectivity index (χ3n) is 6.31. The van der Waals surface area contributed by atoms with E-state index in [0.29, 0.717) is 25.8 Å². The number of likely N-dealkylation sites (N-methyl/N-ethyl adjacent to an activating group) is 1. The number of benzene rings is 2. The van der Waals surface area contributed by atoms with Crippen molar-refractivity contribution in [3.05, 3.63) is 60.2 Å². The minimum absolute atomic E-state index is 0.213. The lowest BCUT2D eigenvalue weighted by atomic mass is 9.87. The third kappa shape index (κ3) is 6.20. The van der Waals surface area contributed by atoms with E-state index in [4.69, 9.17) is 0 Å². The standard InChI is InChI=1S/C26H33N3O4/c1-18(26(32)33)17-21(25(31)29-23(24(30)27-2)13-8-16-28-29)15-14-20-11-6-7-12-22(20)19-9-4-3-5-10-19/h3-7,9-12,18,21,23,28H,8,13-17H2,1-2H3,(H,27,30)(H,32,33). The molecule has 0 saturated carbocycles. The van der Waals surface area contributed by atoms with Crippen molar-refractivity contribution < 1.29 is 19.5 Å². The molecule has 7 heteroatoms. The number of nitrogens with zero attached hydrogens (tertiary/aromatic N) is 1. The molecule has 7 nitrogen and oxygen atoms in total. The van der Waals surface area contributed by atoms with Gasteiger partial charge in [0.05, 0.1) is 5.92 Å². The molecule has 0 bridgehead atoms. The number of carboxylic acids is 1. The van der Waals surface area contributed by atoms with Gasteiger partial charge in [-0.15, -0.1) is 0 Å². The summed E-state index contributed by atoms with van der Waals surface area (Å²) in [6.45, 7) is 2.23. The summed E-state index contributed by atoms with van der Waals surface area (Å²) in [6.07, 6.45) is 2.73. The summed E-state index contributed by atoms with van der Waals surface area (Å²) < 4.78 is 0. The highest BCUT2D eigenvalue weighted by molar-refractivity contribution is 5.88. The Balaban J connectivity index is 1.83. The molecular formula is C26H33N3O4. The number of hydrogen-bond donors (Lipinski definition) is 3. The molecule has 176 valence electrons.